The first-order valence-electron chi connectivity index (χ1n) is 5.37. The lowest BCUT2D eigenvalue weighted by Gasteiger charge is -2.22. The van der Waals surface area contributed by atoms with Crippen LogP contribution in [-0.4, -0.2) is 11.6 Å². The molecule has 0 saturated heterocycles. The average Bonchev–Trinajstić information content (AvgIpc) is 2.14. The van der Waals surface area contributed by atoms with E-state index in [1.807, 2.05) is 6.92 Å². The van der Waals surface area contributed by atoms with Crippen LogP contribution in [0.3, 0.4) is 0 Å². The van der Waals surface area contributed by atoms with Crippen LogP contribution in [0.5, 0.6) is 0 Å². The average molecular weight is 255 g/mol. The molecular weight excluding hydrogens is 238 g/mol. The van der Waals surface area contributed by atoms with Crippen molar-refractivity contribution in [2.24, 2.45) is 5.73 Å². The fourth-order valence-electron chi connectivity index (χ4n) is 1.31. The molecule has 1 atom stereocenters. The summed E-state index contributed by atoms with van der Waals surface area (Å²) in [4.78, 5) is 11.8. The Morgan fingerprint density at radius 2 is 2.12 bits per heavy atom. The Morgan fingerprint density at radius 3 is 2.59 bits per heavy atom. The van der Waals surface area contributed by atoms with Crippen molar-refractivity contribution in [3.63, 3.8) is 0 Å². The zero-order valence-corrected chi connectivity index (χ0v) is 11.3. The minimum atomic E-state index is -0.876. The van der Waals surface area contributed by atoms with Crippen LogP contribution in [0.1, 0.15) is 37.9 Å². The molecule has 4 heteroatoms. The second-order valence-electron chi connectivity index (χ2n) is 4.93. The predicted molar refractivity (Wildman–Crippen MR) is 67.8 cm³/mol. The number of aryl methyl sites for hydroxylation is 1. The van der Waals surface area contributed by atoms with Crippen LogP contribution >= 0.6 is 11.6 Å². The summed E-state index contributed by atoms with van der Waals surface area (Å²) in [7, 11) is 0. The van der Waals surface area contributed by atoms with E-state index in [1.54, 1.807) is 32.9 Å². The number of halogens is 1. The standard InChI is InChI=1S/C13H17ClNO2/c1-8-5-6-9(10(14)7-8)11(15)12(16)17-13(2,3)4/h6-7,11H,15H2,1-4H3. The molecule has 93 valence electrons. The molecule has 0 aliphatic carbocycles. The first-order chi connectivity index (χ1) is 7.70. The quantitative estimate of drug-likeness (QED) is 0.826. The summed E-state index contributed by atoms with van der Waals surface area (Å²) >= 11 is 6.03. The van der Waals surface area contributed by atoms with Gasteiger partial charge in [0.2, 0.25) is 0 Å². The van der Waals surface area contributed by atoms with Crippen molar-refractivity contribution in [1.29, 1.82) is 0 Å². The van der Waals surface area contributed by atoms with Crippen molar-refractivity contribution >= 4 is 17.6 Å². The largest absolute Gasteiger partial charge is 0.459 e. The summed E-state index contributed by atoms with van der Waals surface area (Å²) in [5, 5.41) is 0.458. The van der Waals surface area contributed by atoms with Gasteiger partial charge in [-0.3, -0.25) is 0 Å². The predicted octanol–water partition coefficient (Wildman–Crippen LogP) is 2.79. The monoisotopic (exact) mass is 254 g/mol. The third-order valence-electron chi connectivity index (χ3n) is 2.07. The number of nitrogens with two attached hydrogens (primary N) is 1. The van der Waals surface area contributed by atoms with Crippen molar-refractivity contribution in [2.75, 3.05) is 0 Å². The molecule has 17 heavy (non-hydrogen) atoms. The lowest BCUT2D eigenvalue weighted by atomic mass is 10.1. The summed E-state index contributed by atoms with van der Waals surface area (Å²) < 4.78 is 5.20. The van der Waals surface area contributed by atoms with Crippen molar-refractivity contribution in [1.82, 2.24) is 0 Å². The van der Waals surface area contributed by atoms with Gasteiger partial charge in [0, 0.05) is 5.02 Å². The first kappa shape index (κ1) is 14.0. The molecule has 0 heterocycles. The lowest BCUT2D eigenvalue weighted by Crippen LogP contribution is -2.31. The molecule has 3 nitrogen and oxygen atoms in total. The molecule has 0 aromatic heterocycles. The van der Waals surface area contributed by atoms with E-state index in [0.29, 0.717) is 10.6 Å². The summed E-state index contributed by atoms with van der Waals surface area (Å²) in [6.45, 7) is 7.25. The maximum atomic E-state index is 11.8. The van der Waals surface area contributed by atoms with Crippen LogP contribution in [0.25, 0.3) is 0 Å². The number of ether oxygens (including phenoxy) is 1. The number of benzene rings is 1. The number of carbonyl (C=O) groups is 1. The van der Waals surface area contributed by atoms with E-state index < -0.39 is 17.6 Å². The van der Waals surface area contributed by atoms with Gasteiger partial charge in [-0.15, -0.1) is 0 Å². The molecule has 0 saturated carbocycles. The second-order valence-corrected chi connectivity index (χ2v) is 5.34. The van der Waals surface area contributed by atoms with Crippen LogP contribution in [-0.2, 0) is 9.53 Å². The minimum Gasteiger partial charge on any atom is -0.459 e. The smallest absolute Gasteiger partial charge is 0.328 e. The normalized spacial score (nSPS) is 13.3. The molecule has 1 radical (unpaired) electrons. The van der Waals surface area contributed by atoms with E-state index >= 15 is 0 Å². The van der Waals surface area contributed by atoms with Gasteiger partial charge in [0.25, 0.3) is 0 Å². The second kappa shape index (κ2) is 5.07. The Labute approximate surface area is 107 Å². The van der Waals surface area contributed by atoms with Crippen molar-refractivity contribution in [3.05, 3.63) is 34.3 Å². The Morgan fingerprint density at radius 1 is 1.53 bits per heavy atom. The fraction of sp³-hybridized carbons (Fsp3) is 0.462. The SMILES string of the molecule is Cc1[c]cc(C(N)C(=O)OC(C)(C)C)c(Cl)c1. The molecule has 1 aromatic carbocycles. The zero-order valence-electron chi connectivity index (χ0n) is 10.5. The summed E-state index contributed by atoms with van der Waals surface area (Å²) in [5.74, 6) is -0.489. The van der Waals surface area contributed by atoms with E-state index in [0.717, 1.165) is 5.56 Å². The van der Waals surface area contributed by atoms with Gasteiger partial charge >= 0.3 is 5.97 Å². The summed E-state index contributed by atoms with van der Waals surface area (Å²) in [5.41, 5.74) is 6.69. The van der Waals surface area contributed by atoms with Gasteiger partial charge in [-0.1, -0.05) is 11.6 Å². The van der Waals surface area contributed by atoms with E-state index in [4.69, 9.17) is 22.1 Å². The Bertz CT molecular complexity index is 424. The molecule has 0 spiro atoms. The number of hydrogen-bond donors (Lipinski definition) is 1. The van der Waals surface area contributed by atoms with Crippen molar-refractivity contribution in [2.45, 2.75) is 39.3 Å². The highest BCUT2D eigenvalue weighted by molar-refractivity contribution is 6.31. The zero-order chi connectivity index (χ0) is 13.2. The van der Waals surface area contributed by atoms with E-state index in [2.05, 4.69) is 6.07 Å². The topological polar surface area (TPSA) is 52.3 Å². The summed E-state index contributed by atoms with van der Waals surface area (Å²) in [6.07, 6.45) is 0. The molecule has 1 unspecified atom stereocenters. The molecule has 2 N–H and O–H groups in total. The minimum absolute atomic E-state index is 0.458. The maximum Gasteiger partial charge on any atom is 0.328 e. The van der Waals surface area contributed by atoms with Crippen LogP contribution in [0.15, 0.2) is 12.1 Å². The molecule has 1 rings (SSSR count). The molecule has 0 aliphatic rings. The Kier molecular flexibility index (Phi) is 4.17. The fourth-order valence-corrected chi connectivity index (χ4v) is 1.64. The van der Waals surface area contributed by atoms with Crippen LogP contribution in [0, 0.1) is 13.0 Å². The molecule has 0 bridgehead atoms. The number of hydrogen-bond acceptors (Lipinski definition) is 3. The highest BCUT2D eigenvalue weighted by Crippen LogP contribution is 2.24. The van der Waals surface area contributed by atoms with E-state index in [1.165, 1.54) is 0 Å². The number of esters is 1. The Hall–Kier alpha value is -1.06. The van der Waals surface area contributed by atoms with Crippen molar-refractivity contribution in [3.8, 4) is 0 Å². The Balaban J connectivity index is 2.89. The van der Waals surface area contributed by atoms with Gasteiger partial charge in [-0.25, -0.2) is 4.79 Å². The van der Waals surface area contributed by atoms with Gasteiger partial charge < -0.3 is 10.5 Å². The molecule has 0 fully saturated rings. The van der Waals surface area contributed by atoms with Gasteiger partial charge in [-0.2, -0.15) is 0 Å². The van der Waals surface area contributed by atoms with Gasteiger partial charge in [0.1, 0.15) is 11.6 Å². The maximum absolute atomic E-state index is 11.8. The van der Waals surface area contributed by atoms with Crippen molar-refractivity contribution < 1.29 is 9.53 Å². The van der Waals surface area contributed by atoms with Gasteiger partial charge in [0.15, 0.2) is 0 Å². The molecule has 0 amide bonds. The highest BCUT2D eigenvalue weighted by atomic mass is 35.5. The van der Waals surface area contributed by atoms with Crippen LogP contribution < -0.4 is 5.73 Å². The molecular formula is C13H17ClNO2. The van der Waals surface area contributed by atoms with Gasteiger partial charge in [-0.05, 0) is 57.0 Å². The number of carbonyl (C=O) groups excluding carboxylic acids is 1. The first-order valence-corrected chi connectivity index (χ1v) is 5.74. The third-order valence-corrected chi connectivity index (χ3v) is 2.40. The van der Waals surface area contributed by atoms with Crippen LogP contribution in [0.2, 0.25) is 5.02 Å². The molecule has 0 aliphatic heterocycles. The highest BCUT2D eigenvalue weighted by Gasteiger charge is 2.24. The third kappa shape index (κ3) is 4.02. The summed E-state index contributed by atoms with van der Waals surface area (Å²) in [6, 6.07) is 5.45. The van der Waals surface area contributed by atoms with Gasteiger partial charge in [0.05, 0.1) is 0 Å². The van der Waals surface area contributed by atoms with E-state index in [9.17, 15) is 4.79 Å². The molecule has 1 aromatic rings. The van der Waals surface area contributed by atoms with Crippen LogP contribution in [0.4, 0.5) is 0 Å². The van der Waals surface area contributed by atoms with E-state index in [-0.39, 0.29) is 0 Å². The number of rotatable bonds is 2. The lowest BCUT2D eigenvalue weighted by molar-refractivity contribution is -0.156.